The quantitative estimate of drug-likeness (QED) is 0.792. The van der Waals surface area contributed by atoms with Crippen LogP contribution < -0.4 is 5.32 Å². The first-order chi connectivity index (χ1) is 9.97. The number of carbonyl (C=O) groups is 2. The van der Waals surface area contributed by atoms with Crippen molar-refractivity contribution in [2.45, 2.75) is 19.3 Å². The molecule has 2 aliphatic heterocycles. The van der Waals surface area contributed by atoms with Crippen LogP contribution in [0, 0.1) is 11.3 Å². The summed E-state index contributed by atoms with van der Waals surface area (Å²) in [6, 6.07) is 0.0574. The van der Waals surface area contributed by atoms with E-state index in [0.29, 0.717) is 19.5 Å². The molecule has 0 radical (unpaired) electrons. The Labute approximate surface area is 126 Å². The molecule has 2 heterocycles. The van der Waals surface area contributed by atoms with Crippen molar-refractivity contribution in [3.05, 3.63) is 0 Å². The van der Waals surface area contributed by atoms with E-state index in [1.54, 1.807) is 19.0 Å². The van der Waals surface area contributed by atoms with E-state index in [1.165, 1.54) is 12.8 Å². The van der Waals surface area contributed by atoms with Gasteiger partial charge in [0.15, 0.2) is 0 Å². The van der Waals surface area contributed by atoms with Crippen molar-refractivity contribution >= 4 is 11.9 Å². The second-order valence-electron chi connectivity index (χ2n) is 7.23. The van der Waals surface area contributed by atoms with Gasteiger partial charge in [-0.25, -0.2) is 4.79 Å². The predicted molar refractivity (Wildman–Crippen MR) is 79.9 cm³/mol. The Hall–Kier alpha value is -1.30. The van der Waals surface area contributed by atoms with Gasteiger partial charge < -0.3 is 20.0 Å². The molecule has 1 unspecified atom stereocenters. The highest BCUT2D eigenvalue weighted by molar-refractivity contribution is 5.80. The van der Waals surface area contributed by atoms with Crippen LogP contribution in [0.5, 0.6) is 0 Å². The maximum absolute atomic E-state index is 12.3. The number of amides is 3. The molecule has 6 heteroatoms. The Bertz CT molecular complexity index is 435. The van der Waals surface area contributed by atoms with Gasteiger partial charge in [0.05, 0.1) is 0 Å². The molecular formula is C15H26N4O2. The molecule has 1 aliphatic carbocycles. The van der Waals surface area contributed by atoms with Gasteiger partial charge in [0, 0.05) is 65.2 Å². The van der Waals surface area contributed by atoms with Gasteiger partial charge in [-0.2, -0.15) is 0 Å². The molecule has 6 nitrogen and oxygen atoms in total. The van der Waals surface area contributed by atoms with E-state index >= 15 is 0 Å². The third kappa shape index (κ3) is 3.31. The molecule has 0 bridgehead atoms. The molecule has 1 saturated carbocycles. The molecule has 118 valence electrons. The molecule has 21 heavy (non-hydrogen) atoms. The smallest absolute Gasteiger partial charge is 0.319 e. The molecule has 2 saturated heterocycles. The molecule has 1 N–H and O–H groups in total. The molecule has 3 aliphatic rings. The van der Waals surface area contributed by atoms with Crippen LogP contribution in [0.2, 0.25) is 0 Å². The number of carbonyl (C=O) groups excluding carboxylic acids is 2. The SMILES string of the molecule is CN(C)C(=O)N1CCN(CC2CC2)CC2(CNC(=O)C2)C1. The van der Waals surface area contributed by atoms with E-state index in [-0.39, 0.29) is 17.4 Å². The van der Waals surface area contributed by atoms with Crippen LogP contribution in [-0.4, -0.2) is 80.0 Å². The summed E-state index contributed by atoms with van der Waals surface area (Å²) in [5, 5.41) is 2.97. The van der Waals surface area contributed by atoms with Crippen molar-refractivity contribution in [2.24, 2.45) is 11.3 Å². The van der Waals surface area contributed by atoms with Crippen LogP contribution in [0.1, 0.15) is 19.3 Å². The number of hydrogen-bond donors (Lipinski definition) is 1. The van der Waals surface area contributed by atoms with Crippen molar-refractivity contribution < 1.29 is 9.59 Å². The summed E-state index contributed by atoms with van der Waals surface area (Å²) in [6.45, 7) is 5.12. The second kappa shape index (κ2) is 5.48. The van der Waals surface area contributed by atoms with Crippen LogP contribution in [0.25, 0.3) is 0 Å². The minimum absolute atomic E-state index is 0.0574. The van der Waals surface area contributed by atoms with Gasteiger partial charge >= 0.3 is 6.03 Å². The summed E-state index contributed by atoms with van der Waals surface area (Å²) >= 11 is 0. The zero-order chi connectivity index (χ0) is 15.0. The zero-order valence-electron chi connectivity index (χ0n) is 13.1. The first-order valence-corrected chi connectivity index (χ1v) is 7.93. The normalized spacial score (nSPS) is 30.4. The average molecular weight is 294 g/mol. The highest BCUT2D eigenvalue weighted by Gasteiger charge is 2.44. The van der Waals surface area contributed by atoms with Gasteiger partial charge in [-0.3, -0.25) is 4.79 Å². The topological polar surface area (TPSA) is 55.9 Å². The van der Waals surface area contributed by atoms with Gasteiger partial charge in [0.1, 0.15) is 0 Å². The highest BCUT2D eigenvalue weighted by atomic mass is 16.2. The summed E-state index contributed by atoms with van der Waals surface area (Å²) < 4.78 is 0. The molecule has 0 aromatic heterocycles. The number of hydrogen-bond acceptors (Lipinski definition) is 3. The van der Waals surface area contributed by atoms with Gasteiger partial charge in [0.25, 0.3) is 0 Å². The van der Waals surface area contributed by atoms with E-state index < -0.39 is 0 Å². The van der Waals surface area contributed by atoms with Crippen LogP contribution in [-0.2, 0) is 4.79 Å². The molecule has 3 fully saturated rings. The first kappa shape index (κ1) is 14.6. The van der Waals surface area contributed by atoms with Gasteiger partial charge in [0.2, 0.25) is 5.91 Å². The van der Waals surface area contributed by atoms with Gasteiger partial charge in [-0.05, 0) is 18.8 Å². The Morgan fingerprint density at radius 3 is 2.67 bits per heavy atom. The number of nitrogens with zero attached hydrogens (tertiary/aromatic N) is 3. The van der Waals surface area contributed by atoms with Crippen molar-refractivity contribution in [1.82, 2.24) is 20.0 Å². The lowest BCUT2D eigenvalue weighted by Gasteiger charge is -2.33. The molecule has 3 rings (SSSR count). The summed E-state index contributed by atoms with van der Waals surface area (Å²) in [5.41, 5.74) is -0.103. The second-order valence-corrected chi connectivity index (χ2v) is 7.23. The summed E-state index contributed by atoms with van der Waals surface area (Å²) in [6.07, 6.45) is 3.22. The van der Waals surface area contributed by atoms with Crippen molar-refractivity contribution in [3.8, 4) is 0 Å². The molecular weight excluding hydrogens is 268 g/mol. The summed E-state index contributed by atoms with van der Waals surface area (Å²) in [5.74, 6) is 0.962. The van der Waals surface area contributed by atoms with Gasteiger partial charge in [-0.1, -0.05) is 0 Å². The lowest BCUT2D eigenvalue weighted by atomic mass is 9.86. The number of urea groups is 1. The number of rotatable bonds is 2. The fraction of sp³-hybridized carbons (Fsp3) is 0.867. The minimum atomic E-state index is -0.103. The van der Waals surface area contributed by atoms with Crippen molar-refractivity contribution in [1.29, 1.82) is 0 Å². The van der Waals surface area contributed by atoms with Crippen LogP contribution in [0.4, 0.5) is 4.79 Å². The van der Waals surface area contributed by atoms with Crippen molar-refractivity contribution in [3.63, 3.8) is 0 Å². The monoisotopic (exact) mass is 294 g/mol. The average Bonchev–Trinajstić information content (AvgIpc) is 3.18. The summed E-state index contributed by atoms with van der Waals surface area (Å²) in [7, 11) is 3.58. The standard InChI is InChI=1S/C15H26N4O2/c1-17(2)14(21)19-6-5-18(8-12-3-4-12)10-15(11-19)7-13(20)16-9-15/h12H,3-11H2,1-2H3,(H,16,20). The Morgan fingerprint density at radius 1 is 1.33 bits per heavy atom. The fourth-order valence-electron chi connectivity index (χ4n) is 3.59. The van der Waals surface area contributed by atoms with Crippen LogP contribution in [0.3, 0.4) is 0 Å². The first-order valence-electron chi connectivity index (χ1n) is 7.93. The molecule has 0 aromatic carbocycles. The highest BCUT2D eigenvalue weighted by Crippen LogP contribution is 2.34. The maximum Gasteiger partial charge on any atom is 0.319 e. The Balaban J connectivity index is 1.75. The van der Waals surface area contributed by atoms with Gasteiger partial charge in [-0.15, -0.1) is 0 Å². The predicted octanol–water partition coefficient (Wildman–Crippen LogP) is 0.202. The largest absolute Gasteiger partial charge is 0.355 e. The van der Waals surface area contributed by atoms with Crippen LogP contribution in [0.15, 0.2) is 0 Å². The van der Waals surface area contributed by atoms with E-state index in [1.807, 2.05) is 4.90 Å². The molecule has 1 atom stereocenters. The Kier molecular flexibility index (Phi) is 3.82. The fourth-order valence-corrected chi connectivity index (χ4v) is 3.59. The minimum Gasteiger partial charge on any atom is -0.355 e. The lowest BCUT2D eigenvalue weighted by molar-refractivity contribution is -0.119. The molecule has 3 amide bonds. The van der Waals surface area contributed by atoms with E-state index in [4.69, 9.17) is 0 Å². The molecule has 1 spiro atoms. The third-order valence-corrected chi connectivity index (χ3v) is 4.83. The van der Waals surface area contributed by atoms with E-state index in [2.05, 4.69) is 10.2 Å². The maximum atomic E-state index is 12.3. The zero-order valence-corrected chi connectivity index (χ0v) is 13.1. The third-order valence-electron chi connectivity index (χ3n) is 4.83. The Morgan fingerprint density at radius 2 is 2.10 bits per heavy atom. The molecule has 0 aromatic rings. The lowest BCUT2D eigenvalue weighted by Crippen LogP contribution is -2.47. The van der Waals surface area contributed by atoms with E-state index in [0.717, 1.165) is 32.1 Å². The summed E-state index contributed by atoms with van der Waals surface area (Å²) in [4.78, 5) is 30.1. The van der Waals surface area contributed by atoms with Crippen molar-refractivity contribution in [2.75, 3.05) is 53.4 Å². The van der Waals surface area contributed by atoms with Crippen LogP contribution >= 0.6 is 0 Å². The van der Waals surface area contributed by atoms with E-state index in [9.17, 15) is 9.59 Å². The number of nitrogens with one attached hydrogen (secondary N) is 1.